The first-order chi connectivity index (χ1) is 14.6. The first-order valence-electron chi connectivity index (χ1n) is 9.98. The van der Waals surface area contributed by atoms with Crippen LogP contribution >= 0.6 is 0 Å². The number of hydrogen-bond acceptors (Lipinski definition) is 7. The van der Waals surface area contributed by atoms with Gasteiger partial charge in [0, 0.05) is 25.2 Å². The van der Waals surface area contributed by atoms with Crippen molar-refractivity contribution in [3.05, 3.63) is 48.6 Å². The first-order valence-corrected chi connectivity index (χ1v) is 9.98. The molecule has 1 atom stereocenters. The molecule has 158 valence electrons. The number of aliphatic imine (C=N–C) groups is 1. The second-order valence-corrected chi connectivity index (χ2v) is 7.61. The molecule has 0 saturated heterocycles. The number of aromatic nitrogens is 2. The fourth-order valence-electron chi connectivity index (χ4n) is 3.38. The molecule has 9 nitrogen and oxygen atoms in total. The standard InChI is InChI=1S/C21H26N6O3/c1-15(2)9-17(25-27-13-22-6-5-20(27)26-8-7-23-12-26)21(28)24-11-16-3-4-18-19(10-16)30-14-29-18/h3-8,10,12,15,17,25H,9,11,13-14H2,1-2H3,(H,24,28). The normalized spacial score (nSPS) is 16.0. The van der Waals surface area contributed by atoms with Crippen molar-refractivity contribution >= 4 is 17.9 Å². The van der Waals surface area contributed by atoms with Crippen molar-refractivity contribution in [1.82, 2.24) is 25.3 Å². The van der Waals surface area contributed by atoms with E-state index in [2.05, 4.69) is 34.6 Å². The molecule has 4 rings (SSSR count). The summed E-state index contributed by atoms with van der Waals surface area (Å²) in [6, 6.07) is 5.28. The summed E-state index contributed by atoms with van der Waals surface area (Å²) in [5.41, 5.74) is 4.31. The van der Waals surface area contributed by atoms with Gasteiger partial charge in [-0.3, -0.25) is 19.4 Å². The van der Waals surface area contributed by atoms with Crippen LogP contribution in [0.3, 0.4) is 0 Å². The molecule has 1 aromatic carbocycles. The predicted molar refractivity (Wildman–Crippen MR) is 112 cm³/mol. The molecule has 0 saturated carbocycles. The van der Waals surface area contributed by atoms with Gasteiger partial charge in [0.15, 0.2) is 11.5 Å². The average molecular weight is 410 g/mol. The van der Waals surface area contributed by atoms with Crippen LogP contribution in [-0.2, 0) is 11.3 Å². The van der Waals surface area contributed by atoms with Crippen molar-refractivity contribution < 1.29 is 14.3 Å². The lowest BCUT2D eigenvalue weighted by molar-refractivity contribution is -0.124. The summed E-state index contributed by atoms with van der Waals surface area (Å²) in [6.45, 7) is 5.25. The van der Waals surface area contributed by atoms with E-state index in [1.165, 1.54) is 0 Å². The Bertz CT molecular complexity index is 938. The largest absolute Gasteiger partial charge is 0.454 e. The highest BCUT2D eigenvalue weighted by atomic mass is 16.7. The van der Waals surface area contributed by atoms with Crippen LogP contribution in [0, 0.1) is 5.92 Å². The second kappa shape index (κ2) is 9.00. The van der Waals surface area contributed by atoms with Crippen molar-refractivity contribution in [2.24, 2.45) is 10.9 Å². The van der Waals surface area contributed by atoms with Gasteiger partial charge in [-0.15, -0.1) is 0 Å². The lowest BCUT2D eigenvalue weighted by atomic mass is 10.0. The van der Waals surface area contributed by atoms with Crippen LogP contribution in [0.5, 0.6) is 11.5 Å². The molecule has 2 aromatic rings. The quantitative estimate of drug-likeness (QED) is 0.691. The molecule has 0 radical (unpaired) electrons. The fourth-order valence-corrected chi connectivity index (χ4v) is 3.38. The molecule has 3 heterocycles. The van der Waals surface area contributed by atoms with E-state index in [1.807, 2.05) is 40.0 Å². The van der Waals surface area contributed by atoms with Crippen LogP contribution in [0.4, 0.5) is 0 Å². The van der Waals surface area contributed by atoms with Crippen LogP contribution < -0.4 is 20.2 Å². The number of benzene rings is 1. The molecule has 30 heavy (non-hydrogen) atoms. The van der Waals surface area contributed by atoms with Crippen molar-refractivity contribution in [1.29, 1.82) is 0 Å². The molecular weight excluding hydrogens is 384 g/mol. The smallest absolute Gasteiger partial charge is 0.239 e. The average Bonchev–Trinajstić information content (AvgIpc) is 3.43. The van der Waals surface area contributed by atoms with Gasteiger partial charge in [-0.25, -0.2) is 10.4 Å². The van der Waals surface area contributed by atoms with Gasteiger partial charge in [0.25, 0.3) is 0 Å². The molecular formula is C21H26N6O3. The number of nitrogens with zero attached hydrogens (tertiary/aromatic N) is 4. The molecule has 1 unspecified atom stereocenters. The molecule has 0 aliphatic carbocycles. The summed E-state index contributed by atoms with van der Waals surface area (Å²) in [7, 11) is 0. The predicted octanol–water partition coefficient (Wildman–Crippen LogP) is 1.99. The Kier molecular flexibility index (Phi) is 5.99. The third-order valence-corrected chi connectivity index (χ3v) is 4.84. The molecule has 0 spiro atoms. The van der Waals surface area contributed by atoms with E-state index < -0.39 is 6.04 Å². The molecule has 2 N–H and O–H groups in total. The van der Waals surface area contributed by atoms with Crippen LogP contribution in [0.1, 0.15) is 25.8 Å². The van der Waals surface area contributed by atoms with Crippen LogP contribution in [0.2, 0.25) is 0 Å². The number of rotatable bonds is 8. The molecule has 2 aliphatic heterocycles. The van der Waals surface area contributed by atoms with Gasteiger partial charge >= 0.3 is 0 Å². The molecule has 2 aliphatic rings. The van der Waals surface area contributed by atoms with Crippen LogP contribution in [0.15, 0.2) is 48.0 Å². The maximum Gasteiger partial charge on any atom is 0.239 e. The highest BCUT2D eigenvalue weighted by Crippen LogP contribution is 2.32. The first kappa shape index (κ1) is 20.0. The molecule has 1 amide bonds. The van der Waals surface area contributed by atoms with E-state index in [9.17, 15) is 4.79 Å². The number of hydrazine groups is 1. The Hall–Kier alpha value is -3.33. The number of hydrogen-bond donors (Lipinski definition) is 2. The zero-order valence-electron chi connectivity index (χ0n) is 17.1. The topological polar surface area (TPSA) is 93.0 Å². The number of amides is 1. The third-order valence-electron chi connectivity index (χ3n) is 4.84. The number of carbonyl (C=O) groups is 1. The van der Waals surface area contributed by atoms with Crippen molar-refractivity contribution in [2.75, 3.05) is 13.5 Å². The van der Waals surface area contributed by atoms with Gasteiger partial charge in [0.2, 0.25) is 12.7 Å². The van der Waals surface area contributed by atoms with Crippen molar-refractivity contribution in [3.63, 3.8) is 0 Å². The number of ether oxygens (including phenoxy) is 2. The van der Waals surface area contributed by atoms with Gasteiger partial charge < -0.3 is 14.8 Å². The number of fused-ring (bicyclic) bond motifs is 1. The molecule has 0 bridgehead atoms. The van der Waals surface area contributed by atoms with E-state index in [0.717, 1.165) is 17.1 Å². The number of carbonyl (C=O) groups excluding carboxylic acids is 1. The van der Waals surface area contributed by atoms with E-state index in [4.69, 9.17) is 9.47 Å². The number of allylic oxidation sites excluding steroid dienone is 1. The zero-order chi connectivity index (χ0) is 20.9. The molecule has 0 fully saturated rings. The van der Waals surface area contributed by atoms with Gasteiger partial charge in [-0.1, -0.05) is 19.9 Å². The minimum Gasteiger partial charge on any atom is -0.454 e. The summed E-state index contributed by atoms with van der Waals surface area (Å²) in [5, 5.41) is 4.90. The lowest BCUT2D eigenvalue weighted by Gasteiger charge is -2.32. The number of imidazole rings is 1. The van der Waals surface area contributed by atoms with Crippen LogP contribution in [0.25, 0.3) is 5.82 Å². The van der Waals surface area contributed by atoms with E-state index in [1.54, 1.807) is 18.7 Å². The Labute approximate surface area is 175 Å². The molecule has 1 aromatic heterocycles. The van der Waals surface area contributed by atoms with E-state index >= 15 is 0 Å². The molecule has 9 heteroatoms. The fraction of sp³-hybridized carbons (Fsp3) is 0.381. The van der Waals surface area contributed by atoms with Crippen molar-refractivity contribution in [3.8, 4) is 11.5 Å². The minimum absolute atomic E-state index is 0.0686. The SMILES string of the molecule is CC(C)CC(NN1CN=CC=C1n1ccnc1)C(=O)NCc1ccc2c(c1)OCO2. The Morgan fingerprint density at radius 3 is 2.93 bits per heavy atom. The maximum atomic E-state index is 13.0. The Balaban J connectivity index is 1.42. The van der Waals surface area contributed by atoms with E-state index in [-0.39, 0.29) is 12.7 Å². The summed E-state index contributed by atoms with van der Waals surface area (Å²) in [4.78, 5) is 21.4. The monoisotopic (exact) mass is 410 g/mol. The minimum atomic E-state index is -0.403. The summed E-state index contributed by atoms with van der Waals surface area (Å²) in [6.07, 6.45) is 9.62. The van der Waals surface area contributed by atoms with Gasteiger partial charge in [-0.2, -0.15) is 0 Å². The van der Waals surface area contributed by atoms with Gasteiger partial charge in [0.05, 0.1) is 0 Å². The van der Waals surface area contributed by atoms with E-state index in [0.29, 0.717) is 31.3 Å². The summed E-state index contributed by atoms with van der Waals surface area (Å²) in [5.74, 6) is 2.57. The highest BCUT2D eigenvalue weighted by Gasteiger charge is 2.24. The highest BCUT2D eigenvalue weighted by molar-refractivity contribution is 5.82. The van der Waals surface area contributed by atoms with Gasteiger partial charge in [-0.05, 0) is 36.1 Å². The van der Waals surface area contributed by atoms with Crippen LogP contribution in [-0.4, -0.2) is 46.2 Å². The number of nitrogens with one attached hydrogen (secondary N) is 2. The third kappa shape index (κ3) is 4.62. The van der Waals surface area contributed by atoms with Crippen molar-refractivity contribution in [2.45, 2.75) is 32.9 Å². The Morgan fingerprint density at radius 1 is 1.27 bits per heavy atom. The summed E-state index contributed by atoms with van der Waals surface area (Å²) >= 11 is 0. The Morgan fingerprint density at radius 2 is 2.13 bits per heavy atom. The van der Waals surface area contributed by atoms with Gasteiger partial charge in [0.1, 0.15) is 24.9 Å². The maximum absolute atomic E-state index is 13.0. The lowest BCUT2D eigenvalue weighted by Crippen LogP contribution is -2.52. The zero-order valence-corrected chi connectivity index (χ0v) is 17.1. The second-order valence-electron chi connectivity index (χ2n) is 7.61. The summed E-state index contributed by atoms with van der Waals surface area (Å²) < 4.78 is 12.6.